The van der Waals surface area contributed by atoms with E-state index in [1.165, 1.54) is 94.8 Å². The standard InChI is InChI=1S/C26H34N2S4/c1-5-7-9-11-13-19-15-17(3)29-21(19)23-27-25-26(31-23)28-24(32-25)22-20(16-18(4)30-22)14-12-10-8-6-2/h15-16H,5-14H2,1-4H3. The molecular weight excluding hydrogens is 469 g/mol. The molecule has 0 aliphatic heterocycles. The van der Waals surface area contributed by atoms with Gasteiger partial charge in [0, 0.05) is 9.75 Å². The van der Waals surface area contributed by atoms with Crippen molar-refractivity contribution in [1.29, 1.82) is 0 Å². The average molecular weight is 503 g/mol. The van der Waals surface area contributed by atoms with Gasteiger partial charge in [-0.15, -0.1) is 22.7 Å². The van der Waals surface area contributed by atoms with Crippen LogP contribution in [0.4, 0.5) is 0 Å². The van der Waals surface area contributed by atoms with E-state index in [9.17, 15) is 0 Å². The molecule has 0 N–H and O–H groups in total. The molecule has 0 radical (unpaired) electrons. The van der Waals surface area contributed by atoms with Gasteiger partial charge in [0.05, 0.1) is 9.75 Å². The number of thiophene rings is 2. The van der Waals surface area contributed by atoms with Crippen LogP contribution in [0.2, 0.25) is 0 Å². The molecule has 0 amide bonds. The fourth-order valence-corrected chi connectivity index (χ4v) is 8.58. The molecule has 4 aromatic rings. The molecule has 0 aromatic carbocycles. The third kappa shape index (κ3) is 5.69. The number of unbranched alkanes of at least 4 members (excludes halogenated alkanes) is 6. The first-order valence-corrected chi connectivity index (χ1v) is 15.3. The molecular formula is C26H34N2S4. The Bertz CT molecular complexity index is 1030. The Morgan fingerprint density at radius 3 is 1.44 bits per heavy atom. The van der Waals surface area contributed by atoms with Crippen molar-refractivity contribution < 1.29 is 0 Å². The summed E-state index contributed by atoms with van der Waals surface area (Å²) in [5, 5.41) is 2.33. The maximum Gasteiger partial charge on any atom is 0.155 e. The van der Waals surface area contributed by atoms with E-state index >= 15 is 0 Å². The van der Waals surface area contributed by atoms with Gasteiger partial charge in [-0.3, -0.25) is 0 Å². The fourth-order valence-electron chi connectivity index (χ4n) is 4.19. The number of rotatable bonds is 12. The van der Waals surface area contributed by atoms with Gasteiger partial charge in [-0.25, -0.2) is 9.97 Å². The molecule has 0 aliphatic carbocycles. The quantitative estimate of drug-likeness (QED) is 0.180. The maximum atomic E-state index is 5.06. The van der Waals surface area contributed by atoms with Crippen molar-refractivity contribution in [2.75, 3.05) is 0 Å². The van der Waals surface area contributed by atoms with Gasteiger partial charge in [-0.1, -0.05) is 75.0 Å². The van der Waals surface area contributed by atoms with Crippen LogP contribution in [0.1, 0.15) is 86.1 Å². The van der Waals surface area contributed by atoms with Crippen molar-refractivity contribution in [3.05, 3.63) is 33.0 Å². The van der Waals surface area contributed by atoms with E-state index in [4.69, 9.17) is 9.97 Å². The van der Waals surface area contributed by atoms with Crippen LogP contribution >= 0.6 is 45.3 Å². The molecule has 0 fully saturated rings. The molecule has 2 nitrogen and oxygen atoms in total. The predicted molar refractivity (Wildman–Crippen MR) is 147 cm³/mol. The van der Waals surface area contributed by atoms with E-state index in [-0.39, 0.29) is 0 Å². The Morgan fingerprint density at radius 1 is 0.594 bits per heavy atom. The Hall–Kier alpha value is -1.08. The monoisotopic (exact) mass is 502 g/mol. The van der Waals surface area contributed by atoms with Crippen molar-refractivity contribution >= 4 is 55.0 Å². The second-order valence-corrected chi connectivity index (χ2v) is 13.2. The van der Waals surface area contributed by atoms with Crippen molar-refractivity contribution in [1.82, 2.24) is 9.97 Å². The van der Waals surface area contributed by atoms with Gasteiger partial charge in [0.25, 0.3) is 0 Å². The number of hydrogen-bond donors (Lipinski definition) is 0. The first kappa shape index (κ1) is 24.1. The van der Waals surface area contributed by atoms with Crippen LogP contribution in [0.15, 0.2) is 12.1 Å². The van der Waals surface area contributed by atoms with Crippen LogP contribution in [-0.2, 0) is 12.8 Å². The third-order valence-electron chi connectivity index (χ3n) is 5.83. The van der Waals surface area contributed by atoms with Gasteiger partial charge in [-0.2, -0.15) is 0 Å². The number of nitrogens with zero attached hydrogens (tertiary/aromatic N) is 2. The van der Waals surface area contributed by atoms with Crippen LogP contribution < -0.4 is 0 Å². The van der Waals surface area contributed by atoms with E-state index < -0.39 is 0 Å². The number of aromatic nitrogens is 2. The minimum atomic E-state index is 1.10. The Kier molecular flexibility index (Phi) is 8.55. The second-order valence-electron chi connectivity index (χ2n) is 8.69. The highest BCUT2D eigenvalue weighted by Crippen LogP contribution is 2.43. The maximum absolute atomic E-state index is 5.06. The summed E-state index contributed by atoms with van der Waals surface area (Å²) in [6.45, 7) is 8.99. The minimum absolute atomic E-state index is 1.10. The summed E-state index contributed by atoms with van der Waals surface area (Å²) >= 11 is 7.35. The average Bonchev–Trinajstić information content (AvgIpc) is 3.50. The van der Waals surface area contributed by atoms with E-state index in [0.717, 1.165) is 19.7 Å². The number of hydrogen-bond acceptors (Lipinski definition) is 6. The van der Waals surface area contributed by atoms with Gasteiger partial charge >= 0.3 is 0 Å². The lowest BCUT2D eigenvalue weighted by Gasteiger charge is -2.02. The predicted octanol–water partition coefficient (Wildman–Crippen LogP) is 10.1. The Labute approximate surface area is 208 Å². The van der Waals surface area contributed by atoms with E-state index in [0.29, 0.717) is 0 Å². The van der Waals surface area contributed by atoms with Crippen LogP contribution in [0, 0.1) is 13.8 Å². The molecule has 0 unspecified atom stereocenters. The smallest absolute Gasteiger partial charge is 0.155 e. The molecule has 172 valence electrons. The van der Waals surface area contributed by atoms with Gasteiger partial charge in [0.2, 0.25) is 0 Å². The van der Waals surface area contributed by atoms with Crippen molar-refractivity contribution in [3.8, 4) is 19.8 Å². The zero-order valence-corrected chi connectivity index (χ0v) is 23.0. The summed E-state index contributed by atoms with van der Waals surface area (Å²) in [7, 11) is 0. The lowest BCUT2D eigenvalue weighted by molar-refractivity contribution is 0.668. The summed E-state index contributed by atoms with van der Waals surface area (Å²) in [5.74, 6) is 0. The number of aryl methyl sites for hydroxylation is 4. The molecule has 4 aromatic heterocycles. The van der Waals surface area contributed by atoms with Crippen LogP contribution in [0.3, 0.4) is 0 Å². The minimum Gasteiger partial charge on any atom is -0.222 e. The summed E-state index contributed by atoms with van der Waals surface area (Å²) in [5.41, 5.74) is 2.96. The first-order valence-electron chi connectivity index (χ1n) is 12.1. The topological polar surface area (TPSA) is 25.8 Å². The molecule has 4 rings (SSSR count). The summed E-state index contributed by atoms with van der Waals surface area (Å²) < 4.78 is 0. The zero-order chi connectivity index (χ0) is 22.5. The van der Waals surface area contributed by atoms with Crippen molar-refractivity contribution in [3.63, 3.8) is 0 Å². The molecule has 0 spiro atoms. The molecule has 0 bridgehead atoms. The van der Waals surface area contributed by atoms with Gasteiger partial charge in [0.1, 0.15) is 10.0 Å². The van der Waals surface area contributed by atoms with Gasteiger partial charge in [-0.05, 0) is 62.8 Å². The normalized spacial score (nSPS) is 11.8. The first-order chi connectivity index (χ1) is 15.6. The fraction of sp³-hybridized carbons (Fsp3) is 0.538. The summed E-state index contributed by atoms with van der Waals surface area (Å²) in [4.78, 5) is 17.9. The molecule has 4 heterocycles. The Morgan fingerprint density at radius 2 is 1.03 bits per heavy atom. The van der Waals surface area contributed by atoms with Crippen molar-refractivity contribution in [2.24, 2.45) is 0 Å². The molecule has 0 saturated heterocycles. The van der Waals surface area contributed by atoms with Gasteiger partial charge in [0.15, 0.2) is 9.66 Å². The molecule has 0 aliphatic rings. The lowest BCUT2D eigenvalue weighted by atomic mass is 10.1. The van der Waals surface area contributed by atoms with Crippen molar-refractivity contribution in [2.45, 2.75) is 91.9 Å². The highest BCUT2D eigenvalue weighted by atomic mass is 32.1. The number of fused-ring (bicyclic) bond motifs is 1. The van der Waals surface area contributed by atoms with Crippen LogP contribution in [0.5, 0.6) is 0 Å². The summed E-state index contributed by atoms with van der Waals surface area (Å²) in [6.07, 6.45) is 12.8. The highest BCUT2D eigenvalue weighted by Gasteiger charge is 2.19. The zero-order valence-electron chi connectivity index (χ0n) is 19.8. The molecule has 32 heavy (non-hydrogen) atoms. The van der Waals surface area contributed by atoms with E-state index in [1.54, 1.807) is 22.7 Å². The van der Waals surface area contributed by atoms with Gasteiger partial charge < -0.3 is 0 Å². The third-order valence-corrected chi connectivity index (χ3v) is 10.3. The largest absolute Gasteiger partial charge is 0.222 e. The van der Waals surface area contributed by atoms with E-state index in [2.05, 4.69) is 39.8 Å². The molecule has 6 heteroatoms. The highest BCUT2D eigenvalue weighted by molar-refractivity contribution is 7.32. The number of thiazole rings is 2. The summed E-state index contributed by atoms with van der Waals surface area (Å²) in [6, 6.07) is 4.75. The SMILES string of the molecule is CCCCCCc1cc(C)sc1-c1nc2sc(-c3sc(C)cc3CCCCCC)nc2s1. The Balaban J connectivity index is 1.54. The lowest BCUT2D eigenvalue weighted by Crippen LogP contribution is -1.86. The van der Waals surface area contributed by atoms with E-state index in [1.807, 2.05) is 22.7 Å². The molecule has 0 atom stereocenters. The second kappa shape index (κ2) is 11.4. The van der Waals surface area contributed by atoms with Crippen LogP contribution in [0.25, 0.3) is 29.4 Å². The van der Waals surface area contributed by atoms with Crippen LogP contribution in [-0.4, -0.2) is 9.97 Å². The molecule has 0 saturated carbocycles.